The van der Waals surface area contributed by atoms with Gasteiger partial charge in [0.2, 0.25) is 5.91 Å². The molecule has 6 nitrogen and oxygen atoms in total. The van der Waals surface area contributed by atoms with Crippen molar-refractivity contribution in [2.45, 2.75) is 57.4 Å². The highest BCUT2D eigenvalue weighted by molar-refractivity contribution is 9.10. The quantitative estimate of drug-likeness (QED) is 0.675. The van der Waals surface area contributed by atoms with Gasteiger partial charge < -0.3 is 14.4 Å². The number of benzene rings is 1. The first-order chi connectivity index (χ1) is 14.4. The molecule has 0 spiro atoms. The molecular weight excluding hydrogens is 444 g/mol. The van der Waals surface area contributed by atoms with Gasteiger partial charge >= 0.3 is 0 Å². The molecule has 160 valence electrons. The van der Waals surface area contributed by atoms with E-state index in [0.717, 1.165) is 34.3 Å². The molecule has 3 aliphatic rings. The normalized spacial score (nSPS) is 25.2. The second kappa shape index (κ2) is 7.66. The highest BCUT2D eigenvalue weighted by atomic mass is 79.9. The van der Waals surface area contributed by atoms with E-state index in [2.05, 4.69) is 40.0 Å². The van der Waals surface area contributed by atoms with Crippen molar-refractivity contribution < 1.29 is 9.59 Å². The van der Waals surface area contributed by atoms with Crippen LogP contribution >= 0.6 is 15.9 Å². The number of halogens is 1. The first kappa shape index (κ1) is 20.0. The van der Waals surface area contributed by atoms with E-state index < -0.39 is 0 Å². The van der Waals surface area contributed by atoms with Crippen LogP contribution in [0.1, 0.15) is 67.5 Å². The number of nitrogens with zero attached hydrogens (tertiary/aromatic N) is 4. The SMILES string of the molecule is CC1CCC(N2CCN(C(=O)c3nc4cc(C5CC5)cc(Br)c4n3C)CC2=O)CC1. The van der Waals surface area contributed by atoms with Gasteiger partial charge in [-0.05, 0) is 84.0 Å². The van der Waals surface area contributed by atoms with Crippen LogP contribution in [0.5, 0.6) is 0 Å². The van der Waals surface area contributed by atoms with Gasteiger partial charge in [0.25, 0.3) is 5.91 Å². The fourth-order valence-corrected chi connectivity index (χ4v) is 5.84. The average Bonchev–Trinajstić information content (AvgIpc) is 3.52. The summed E-state index contributed by atoms with van der Waals surface area (Å²) in [5.41, 5.74) is 3.07. The van der Waals surface area contributed by atoms with E-state index >= 15 is 0 Å². The van der Waals surface area contributed by atoms with Crippen LogP contribution in [0.15, 0.2) is 16.6 Å². The van der Waals surface area contributed by atoms with Crippen LogP contribution in [-0.4, -0.2) is 56.8 Å². The maximum atomic E-state index is 13.3. The number of imidazole rings is 1. The number of rotatable bonds is 3. The smallest absolute Gasteiger partial charge is 0.290 e. The number of piperazine rings is 1. The summed E-state index contributed by atoms with van der Waals surface area (Å²) in [6.45, 7) is 3.65. The zero-order valence-electron chi connectivity index (χ0n) is 17.7. The van der Waals surface area contributed by atoms with Crippen molar-refractivity contribution in [3.8, 4) is 0 Å². The number of amides is 2. The molecule has 0 unspecified atom stereocenters. The predicted molar refractivity (Wildman–Crippen MR) is 119 cm³/mol. The number of carbonyl (C=O) groups excluding carboxylic acids is 2. The van der Waals surface area contributed by atoms with E-state index in [4.69, 9.17) is 0 Å². The first-order valence-electron chi connectivity index (χ1n) is 11.2. The molecule has 1 aliphatic heterocycles. The zero-order valence-corrected chi connectivity index (χ0v) is 19.3. The monoisotopic (exact) mass is 472 g/mol. The number of fused-ring (bicyclic) bond motifs is 1. The van der Waals surface area contributed by atoms with Gasteiger partial charge in [-0.25, -0.2) is 4.98 Å². The number of aryl methyl sites for hydroxylation is 1. The summed E-state index contributed by atoms with van der Waals surface area (Å²) in [6.07, 6.45) is 7.00. The molecule has 1 aromatic carbocycles. The lowest BCUT2D eigenvalue weighted by molar-refractivity contribution is -0.138. The molecule has 0 atom stereocenters. The van der Waals surface area contributed by atoms with E-state index in [9.17, 15) is 9.59 Å². The van der Waals surface area contributed by atoms with Crippen molar-refractivity contribution in [1.82, 2.24) is 19.4 Å². The molecule has 3 fully saturated rings. The Morgan fingerprint density at radius 2 is 1.83 bits per heavy atom. The number of hydrogen-bond acceptors (Lipinski definition) is 3. The number of hydrogen-bond donors (Lipinski definition) is 0. The fraction of sp³-hybridized carbons (Fsp3) is 0.609. The minimum Gasteiger partial charge on any atom is -0.336 e. The molecule has 1 saturated heterocycles. The molecule has 2 aromatic rings. The van der Waals surface area contributed by atoms with Gasteiger partial charge in [-0.3, -0.25) is 9.59 Å². The van der Waals surface area contributed by atoms with E-state index in [1.165, 1.54) is 31.2 Å². The minimum absolute atomic E-state index is 0.0742. The first-order valence-corrected chi connectivity index (χ1v) is 12.0. The zero-order chi connectivity index (χ0) is 21.0. The lowest BCUT2D eigenvalue weighted by Gasteiger charge is -2.41. The van der Waals surface area contributed by atoms with E-state index in [0.29, 0.717) is 30.9 Å². The molecule has 5 rings (SSSR count). The molecule has 2 amide bonds. The van der Waals surface area contributed by atoms with Crippen molar-refractivity contribution in [3.63, 3.8) is 0 Å². The van der Waals surface area contributed by atoms with Crippen LogP contribution < -0.4 is 0 Å². The van der Waals surface area contributed by atoms with Crippen LogP contribution in [0.2, 0.25) is 0 Å². The van der Waals surface area contributed by atoms with Gasteiger partial charge in [0.05, 0.1) is 11.0 Å². The molecule has 0 N–H and O–H groups in total. The second-order valence-electron chi connectivity index (χ2n) is 9.37. The van der Waals surface area contributed by atoms with Crippen molar-refractivity contribution >= 4 is 38.8 Å². The summed E-state index contributed by atoms with van der Waals surface area (Å²) in [5.74, 6) is 1.71. The van der Waals surface area contributed by atoms with Gasteiger partial charge in [0, 0.05) is 30.7 Å². The van der Waals surface area contributed by atoms with Gasteiger partial charge in [-0.1, -0.05) is 6.92 Å². The Morgan fingerprint density at radius 3 is 2.50 bits per heavy atom. The van der Waals surface area contributed by atoms with Crippen LogP contribution in [0.25, 0.3) is 11.0 Å². The van der Waals surface area contributed by atoms with Crippen LogP contribution in [0.3, 0.4) is 0 Å². The summed E-state index contributed by atoms with van der Waals surface area (Å²) in [4.78, 5) is 34.5. The molecule has 0 bridgehead atoms. The Labute approximate surface area is 185 Å². The molecule has 7 heteroatoms. The van der Waals surface area contributed by atoms with Crippen molar-refractivity contribution in [1.29, 1.82) is 0 Å². The number of aromatic nitrogens is 2. The average molecular weight is 473 g/mol. The third-order valence-corrected chi connectivity index (χ3v) is 7.76. The van der Waals surface area contributed by atoms with Gasteiger partial charge in [0.1, 0.15) is 6.54 Å². The summed E-state index contributed by atoms with van der Waals surface area (Å²) < 4.78 is 2.83. The molecule has 2 aliphatic carbocycles. The van der Waals surface area contributed by atoms with E-state index in [1.54, 1.807) is 4.90 Å². The topological polar surface area (TPSA) is 58.4 Å². The fourth-order valence-electron chi connectivity index (χ4n) is 5.10. The molecule has 30 heavy (non-hydrogen) atoms. The van der Waals surface area contributed by atoms with E-state index in [1.807, 2.05) is 16.5 Å². The lowest BCUT2D eigenvalue weighted by atomic mass is 9.86. The number of carbonyl (C=O) groups is 2. The van der Waals surface area contributed by atoms with Crippen LogP contribution in [0.4, 0.5) is 0 Å². The van der Waals surface area contributed by atoms with E-state index in [-0.39, 0.29) is 18.4 Å². The Morgan fingerprint density at radius 1 is 1.10 bits per heavy atom. The minimum atomic E-state index is -0.154. The van der Waals surface area contributed by atoms with Gasteiger partial charge in [0.15, 0.2) is 5.82 Å². The standard InChI is InChI=1S/C23H29BrN4O2/c1-14-3-7-17(8-4-14)28-10-9-27(13-20(28)29)23(30)22-25-19-12-16(15-5-6-15)11-18(24)21(19)26(22)2/h11-12,14-15,17H,3-10,13H2,1-2H3. The highest BCUT2D eigenvalue weighted by Crippen LogP contribution is 2.42. The Balaban J connectivity index is 1.34. The Bertz CT molecular complexity index is 1000. The van der Waals surface area contributed by atoms with Crippen molar-refractivity contribution in [3.05, 3.63) is 28.0 Å². The second-order valence-corrected chi connectivity index (χ2v) is 10.2. The maximum absolute atomic E-state index is 13.3. The van der Waals surface area contributed by atoms with Crippen molar-refractivity contribution in [2.24, 2.45) is 13.0 Å². The highest BCUT2D eigenvalue weighted by Gasteiger charge is 2.35. The maximum Gasteiger partial charge on any atom is 0.290 e. The summed E-state index contributed by atoms with van der Waals surface area (Å²) >= 11 is 3.67. The Kier molecular flexibility index (Phi) is 5.12. The van der Waals surface area contributed by atoms with Gasteiger partial charge in [-0.15, -0.1) is 0 Å². The van der Waals surface area contributed by atoms with Gasteiger partial charge in [-0.2, -0.15) is 0 Å². The van der Waals surface area contributed by atoms with Crippen LogP contribution in [0, 0.1) is 5.92 Å². The molecular formula is C23H29BrN4O2. The molecule has 0 radical (unpaired) electrons. The largest absolute Gasteiger partial charge is 0.336 e. The molecule has 2 saturated carbocycles. The lowest BCUT2D eigenvalue weighted by Crippen LogP contribution is -2.56. The summed E-state index contributed by atoms with van der Waals surface area (Å²) in [6, 6.07) is 4.61. The third-order valence-electron chi connectivity index (χ3n) is 7.16. The third kappa shape index (κ3) is 3.55. The van der Waals surface area contributed by atoms with Crippen molar-refractivity contribution in [2.75, 3.05) is 19.6 Å². The molecule has 1 aromatic heterocycles. The summed E-state index contributed by atoms with van der Waals surface area (Å²) in [7, 11) is 1.88. The summed E-state index contributed by atoms with van der Waals surface area (Å²) in [5, 5.41) is 0. The Hall–Kier alpha value is -1.89. The predicted octanol–water partition coefficient (Wildman–Crippen LogP) is 4.08. The van der Waals surface area contributed by atoms with Crippen LogP contribution in [-0.2, 0) is 11.8 Å². The molecule has 2 heterocycles.